The number of carboxylic acids is 2. The first-order valence-corrected chi connectivity index (χ1v) is 7.36. The molecule has 0 radical (unpaired) electrons. The summed E-state index contributed by atoms with van der Waals surface area (Å²) in [5, 5.41) is 28.6. The van der Waals surface area contributed by atoms with Crippen LogP contribution in [0.3, 0.4) is 0 Å². The molecule has 9 nitrogen and oxygen atoms in total. The van der Waals surface area contributed by atoms with Crippen molar-refractivity contribution in [3.05, 3.63) is 69.8 Å². The van der Waals surface area contributed by atoms with E-state index in [2.05, 4.69) is 5.32 Å². The molecule has 2 aromatic rings. The SMILES string of the molecule is COc1ccc(CNCc2ccc([N+](=O)[O-])cc2)cc1.O=C(O)C(=O)O. The fourth-order valence-corrected chi connectivity index (χ4v) is 1.83. The second-order valence-corrected chi connectivity index (χ2v) is 4.99. The van der Waals surface area contributed by atoms with Crippen LogP contribution in [-0.4, -0.2) is 34.2 Å². The number of aliphatic carboxylic acids is 2. The molecule has 0 spiro atoms. The van der Waals surface area contributed by atoms with E-state index in [0.717, 1.165) is 23.4 Å². The standard InChI is InChI=1S/C15H16N2O3.C2H2O4/c1-20-15-8-4-13(5-9-15)11-16-10-12-2-6-14(7-3-12)17(18)19;3-1(4)2(5)6/h2-9,16H,10-11H2,1H3;(H,3,4)(H,5,6). The van der Waals surface area contributed by atoms with Crippen LogP contribution < -0.4 is 10.1 Å². The van der Waals surface area contributed by atoms with Gasteiger partial charge in [-0.25, -0.2) is 9.59 Å². The number of carbonyl (C=O) groups is 2. The molecule has 0 unspecified atom stereocenters. The van der Waals surface area contributed by atoms with E-state index in [1.54, 1.807) is 19.2 Å². The summed E-state index contributed by atoms with van der Waals surface area (Å²) < 4.78 is 5.10. The first-order chi connectivity index (χ1) is 12.3. The highest BCUT2D eigenvalue weighted by Gasteiger charge is 2.04. The first-order valence-electron chi connectivity index (χ1n) is 7.36. The molecule has 2 rings (SSSR count). The van der Waals surface area contributed by atoms with E-state index in [4.69, 9.17) is 24.5 Å². The normalized spacial score (nSPS) is 9.58. The van der Waals surface area contributed by atoms with E-state index >= 15 is 0 Å². The summed E-state index contributed by atoms with van der Waals surface area (Å²) in [7, 11) is 1.64. The first kappa shape index (κ1) is 20.6. The quantitative estimate of drug-likeness (QED) is 0.403. The van der Waals surface area contributed by atoms with Gasteiger partial charge in [0.1, 0.15) is 5.75 Å². The van der Waals surface area contributed by atoms with Crippen molar-refractivity contribution in [2.24, 2.45) is 0 Å². The van der Waals surface area contributed by atoms with Crippen LogP contribution >= 0.6 is 0 Å². The monoisotopic (exact) mass is 362 g/mol. The average molecular weight is 362 g/mol. The summed E-state index contributed by atoms with van der Waals surface area (Å²) in [6, 6.07) is 14.4. The number of nitro groups is 1. The van der Waals surface area contributed by atoms with Gasteiger partial charge in [-0.1, -0.05) is 24.3 Å². The predicted molar refractivity (Wildman–Crippen MR) is 91.9 cm³/mol. The van der Waals surface area contributed by atoms with Crippen LogP contribution in [0.4, 0.5) is 5.69 Å². The molecule has 0 saturated carbocycles. The van der Waals surface area contributed by atoms with Gasteiger partial charge < -0.3 is 20.3 Å². The fraction of sp³-hybridized carbons (Fsp3) is 0.176. The van der Waals surface area contributed by atoms with Gasteiger partial charge >= 0.3 is 11.9 Å². The molecule has 138 valence electrons. The van der Waals surface area contributed by atoms with E-state index in [9.17, 15) is 10.1 Å². The van der Waals surface area contributed by atoms with E-state index in [1.807, 2.05) is 24.3 Å². The Labute approximate surface area is 149 Å². The van der Waals surface area contributed by atoms with Crippen LogP contribution in [0.25, 0.3) is 0 Å². The molecule has 0 heterocycles. The van der Waals surface area contributed by atoms with E-state index in [-0.39, 0.29) is 5.69 Å². The van der Waals surface area contributed by atoms with Gasteiger partial charge in [0, 0.05) is 25.2 Å². The van der Waals surface area contributed by atoms with Gasteiger partial charge in [-0.15, -0.1) is 0 Å². The molecular formula is C17H18N2O7. The number of nitrogens with one attached hydrogen (secondary N) is 1. The molecule has 0 aliphatic rings. The van der Waals surface area contributed by atoms with Gasteiger partial charge in [0.05, 0.1) is 12.0 Å². The van der Waals surface area contributed by atoms with Crippen LogP contribution in [0.5, 0.6) is 5.75 Å². The van der Waals surface area contributed by atoms with Crippen molar-refractivity contribution in [3.8, 4) is 5.75 Å². The van der Waals surface area contributed by atoms with Gasteiger partial charge in [-0.05, 0) is 23.3 Å². The zero-order chi connectivity index (χ0) is 19.5. The Kier molecular flexibility index (Phi) is 8.24. The number of nitro benzene ring substituents is 1. The second-order valence-electron chi connectivity index (χ2n) is 4.99. The number of hydrogen-bond donors (Lipinski definition) is 3. The molecule has 0 aromatic heterocycles. The number of benzene rings is 2. The largest absolute Gasteiger partial charge is 0.497 e. The summed E-state index contributed by atoms with van der Waals surface area (Å²) in [6.07, 6.45) is 0. The van der Waals surface area contributed by atoms with Gasteiger partial charge in [0.25, 0.3) is 5.69 Å². The molecule has 26 heavy (non-hydrogen) atoms. The Morgan fingerprint density at radius 2 is 1.38 bits per heavy atom. The Balaban J connectivity index is 0.000000487. The van der Waals surface area contributed by atoms with Crippen molar-refractivity contribution in [3.63, 3.8) is 0 Å². The number of non-ortho nitro benzene ring substituents is 1. The zero-order valence-corrected chi connectivity index (χ0v) is 13.9. The van der Waals surface area contributed by atoms with Crippen LogP contribution in [0.15, 0.2) is 48.5 Å². The average Bonchev–Trinajstić information content (AvgIpc) is 2.63. The number of ether oxygens (including phenoxy) is 1. The Bertz CT molecular complexity index is 731. The zero-order valence-electron chi connectivity index (χ0n) is 13.9. The molecular weight excluding hydrogens is 344 g/mol. The lowest BCUT2D eigenvalue weighted by Crippen LogP contribution is -2.12. The third-order valence-corrected chi connectivity index (χ3v) is 3.15. The van der Waals surface area contributed by atoms with E-state index < -0.39 is 16.9 Å². The third kappa shape index (κ3) is 7.41. The molecule has 0 saturated heterocycles. The molecule has 0 bridgehead atoms. The summed E-state index contributed by atoms with van der Waals surface area (Å²) in [5.41, 5.74) is 2.29. The minimum absolute atomic E-state index is 0.115. The van der Waals surface area contributed by atoms with Gasteiger partial charge in [-0.3, -0.25) is 10.1 Å². The number of methoxy groups -OCH3 is 1. The molecule has 0 fully saturated rings. The smallest absolute Gasteiger partial charge is 0.414 e. The summed E-state index contributed by atoms with van der Waals surface area (Å²) in [5.74, 6) is -2.81. The Hall–Kier alpha value is -3.46. The van der Waals surface area contributed by atoms with Crippen molar-refractivity contribution in [2.45, 2.75) is 13.1 Å². The number of nitrogens with zero attached hydrogens (tertiary/aromatic N) is 1. The summed E-state index contributed by atoms with van der Waals surface area (Å²) >= 11 is 0. The molecule has 0 aliphatic carbocycles. The number of carboxylic acid groups (broad SMARTS) is 2. The van der Waals surface area contributed by atoms with Crippen molar-refractivity contribution in [1.29, 1.82) is 0 Å². The topological polar surface area (TPSA) is 139 Å². The lowest BCUT2D eigenvalue weighted by Gasteiger charge is -2.06. The van der Waals surface area contributed by atoms with Crippen LogP contribution in [0.2, 0.25) is 0 Å². The third-order valence-electron chi connectivity index (χ3n) is 3.15. The minimum Gasteiger partial charge on any atom is -0.497 e. The van der Waals surface area contributed by atoms with Gasteiger partial charge in [-0.2, -0.15) is 0 Å². The summed E-state index contributed by atoms with van der Waals surface area (Å²) in [4.78, 5) is 28.3. The molecule has 0 atom stereocenters. The Morgan fingerprint density at radius 1 is 0.962 bits per heavy atom. The molecule has 2 aromatic carbocycles. The highest BCUT2D eigenvalue weighted by atomic mass is 16.6. The highest BCUT2D eigenvalue weighted by molar-refractivity contribution is 6.27. The van der Waals surface area contributed by atoms with Crippen molar-refractivity contribution < 1.29 is 29.5 Å². The number of rotatable bonds is 6. The van der Waals surface area contributed by atoms with Crippen molar-refractivity contribution >= 4 is 17.6 Å². The van der Waals surface area contributed by atoms with Crippen LogP contribution in [-0.2, 0) is 22.7 Å². The predicted octanol–water partition coefficient (Wildman–Crippen LogP) is 2.05. The second kappa shape index (κ2) is 10.4. The highest BCUT2D eigenvalue weighted by Crippen LogP contribution is 2.13. The minimum atomic E-state index is -1.82. The molecule has 0 amide bonds. The van der Waals surface area contributed by atoms with E-state index in [0.29, 0.717) is 6.54 Å². The van der Waals surface area contributed by atoms with E-state index in [1.165, 1.54) is 12.1 Å². The maximum absolute atomic E-state index is 10.5. The Morgan fingerprint density at radius 3 is 1.73 bits per heavy atom. The number of hydrogen-bond acceptors (Lipinski definition) is 6. The van der Waals surface area contributed by atoms with Crippen LogP contribution in [0.1, 0.15) is 11.1 Å². The van der Waals surface area contributed by atoms with Crippen LogP contribution in [0, 0.1) is 10.1 Å². The van der Waals surface area contributed by atoms with Gasteiger partial charge in [0.15, 0.2) is 0 Å². The van der Waals surface area contributed by atoms with Crippen molar-refractivity contribution in [2.75, 3.05) is 7.11 Å². The van der Waals surface area contributed by atoms with Gasteiger partial charge in [0.2, 0.25) is 0 Å². The fourth-order valence-electron chi connectivity index (χ4n) is 1.83. The molecule has 3 N–H and O–H groups in total. The molecule has 0 aliphatic heterocycles. The van der Waals surface area contributed by atoms with Crippen molar-refractivity contribution in [1.82, 2.24) is 5.32 Å². The lowest BCUT2D eigenvalue weighted by molar-refractivity contribution is -0.384. The molecule has 9 heteroatoms. The maximum atomic E-state index is 10.5. The summed E-state index contributed by atoms with van der Waals surface area (Å²) in [6.45, 7) is 1.41. The maximum Gasteiger partial charge on any atom is 0.414 e. The lowest BCUT2D eigenvalue weighted by atomic mass is 10.2.